The highest BCUT2D eigenvalue weighted by Crippen LogP contribution is 2.27. The number of hydrogen-bond acceptors (Lipinski definition) is 8. The Labute approximate surface area is 237 Å². The van der Waals surface area contributed by atoms with Crippen molar-refractivity contribution >= 4 is 58.2 Å². The molecule has 1 aliphatic heterocycles. The number of rotatable bonds is 9. The van der Waals surface area contributed by atoms with Gasteiger partial charge in [-0.3, -0.25) is 14.4 Å². The fourth-order valence-electron chi connectivity index (χ4n) is 4.24. The summed E-state index contributed by atoms with van der Waals surface area (Å²) in [5.74, 6) is -0.00883. The summed E-state index contributed by atoms with van der Waals surface area (Å²) in [5, 5.41) is 11.8. The van der Waals surface area contributed by atoms with E-state index in [1.807, 2.05) is 30.3 Å². The smallest absolute Gasteiger partial charge is 0.253 e. The molecule has 0 spiro atoms. The van der Waals surface area contributed by atoms with Crippen LogP contribution in [0.15, 0.2) is 67.4 Å². The van der Waals surface area contributed by atoms with Crippen LogP contribution in [0.5, 0.6) is 0 Å². The van der Waals surface area contributed by atoms with Crippen molar-refractivity contribution in [1.82, 2.24) is 25.5 Å². The van der Waals surface area contributed by atoms with Crippen LogP contribution in [0.25, 0.3) is 0 Å². The molecule has 1 saturated heterocycles. The molecule has 208 valence electrons. The maximum atomic E-state index is 12.6. The second kappa shape index (κ2) is 12.9. The van der Waals surface area contributed by atoms with Crippen molar-refractivity contribution in [2.24, 2.45) is 0 Å². The van der Waals surface area contributed by atoms with Gasteiger partial charge in [-0.05, 0) is 49.4 Å². The van der Waals surface area contributed by atoms with Crippen LogP contribution in [0, 0.1) is 0 Å². The number of carbonyl (C=O) groups excluding carboxylic acids is 3. The third kappa shape index (κ3) is 6.86. The lowest BCUT2D eigenvalue weighted by Gasteiger charge is -2.37. The standard InChI is InChI=1S/C28H31ClN8O3/c1-4-24(38)32-18(2)27(40)37-15-13-36(14-16-37)20-11-9-19(10-12-20)33-28-31-17-22(29)25(35-28)34-23-8-6-5-7-21(23)26(39)30-3/h4-12,17-18H,1,13-16H2,2-3H3,(H,30,39)(H,32,38)(H2,31,33,34,35). The van der Waals surface area contributed by atoms with E-state index in [1.54, 1.807) is 37.1 Å². The van der Waals surface area contributed by atoms with Crippen LogP contribution in [0.3, 0.4) is 0 Å². The van der Waals surface area contributed by atoms with Crippen molar-refractivity contribution in [1.29, 1.82) is 0 Å². The number of aromatic nitrogens is 2. The molecule has 0 saturated carbocycles. The highest BCUT2D eigenvalue weighted by Gasteiger charge is 2.25. The number of para-hydroxylation sites is 1. The maximum Gasteiger partial charge on any atom is 0.253 e. The molecule has 3 amide bonds. The van der Waals surface area contributed by atoms with E-state index in [1.165, 1.54) is 6.20 Å². The zero-order valence-electron chi connectivity index (χ0n) is 22.3. The van der Waals surface area contributed by atoms with E-state index < -0.39 is 6.04 Å². The predicted molar refractivity (Wildman–Crippen MR) is 156 cm³/mol. The predicted octanol–water partition coefficient (Wildman–Crippen LogP) is 3.32. The molecule has 1 aromatic heterocycles. The van der Waals surface area contributed by atoms with E-state index in [2.05, 4.69) is 42.7 Å². The molecule has 1 atom stereocenters. The van der Waals surface area contributed by atoms with Crippen LogP contribution in [0.4, 0.5) is 28.8 Å². The number of nitrogens with zero attached hydrogens (tertiary/aromatic N) is 4. The lowest BCUT2D eigenvalue weighted by atomic mass is 10.1. The molecule has 2 aromatic carbocycles. The van der Waals surface area contributed by atoms with Crippen molar-refractivity contribution in [2.75, 3.05) is 48.8 Å². The van der Waals surface area contributed by atoms with Gasteiger partial charge in [0.1, 0.15) is 11.1 Å². The molecule has 0 aliphatic carbocycles. The number of nitrogens with one attached hydrogen (secondary N) is 4. The summed E-state index contributed by atoms with van der Waals surface area (Å²) in [6, 6.07) is 14.3. The fraction of sp³-hybridized carbons (Fsp3) is 0.250. The summed E-state index contributed by atoms with van der Waals surface area (Å²) in [5.41, 5.74) is 2.83. The lowest BCUT2D eigenvalue weighted by Crippen LogP contribution is -2.54. The lowest BCUT2D eigenvalue weighted by molar-refractivity contribution is -0.135. The molecule has 0 bridgehead atoms. The van der Waals surface area contributed by atoms with Gasteiger partial charge >= 0.3 is 0 Å². The van der Waals surface area contributed by atoms with Crippen LogP contribution in [0.2, 0.25) is 5.02 Å². The quantitative estimate of drug-likeness (QED) is 0.292. The highest BCUT2D eigenvalue weighted by molar-refractivity contribution is 6.33. The zero-order chi connectivity index (χ0) is 28.6. The normalized spacial score (nSPS) is 13.7. The van der Waals surface area contributed by atoms with Gasteiger partial charge in [0, 0.05) is 44.6 Å². The van der Waals surface area contributed by atoms with Crippen LogP contribution >= 0.6 is 11.6 Å². The molecule has 12 heteroatoms. The van der Waals surface area contributed by atoms with Crippen molar-refractivity contribution in [3.05, 3.63) is 78.0 Å². The summed E-state index contributed by atoms with van der Waals surface area (Å²) < 4.78 is 0. The third-order valence-corrected chi connectivity index (χ3v) is 6.67. The van der Waals surface area contributed by atoms with E-state index >= 15 is 0 Å². The van der Waals surface area contributed by atoms with Gasteiger partial charge in [-0.15, -0.1) is 0 Å². The fourth-order valence-corrected chi connectivity index (χ4v) is 4.38. The highest BCUT2D eigenvalue weighted by atomic mass is 35.5. The Balaban J connectivity index is 1.37. The van der Waals surface area contributed by atoms with Crippen molar-refractivity contribution in [3.8, 4) is 0 Å². The first-order valence-corrected chi connectivity index (χ1v) is 13.1. The maximum absolute atomic E-state index is 12.6. The number of amides is 3. The summed E-state index contributed by atoms with van der Waals surface area (Å²) in [6.07, 6.45) is 2.64. The van der Waals surface area contributed by atoms with Crippen LogP contribution in [-0.4, -0.2) is 71.9 Å². The van der Waals surface area contributed by atoms with Gasteiger partial charge in [-0.1, -0.05) is 30.3 Å². The summed E-state index contributed by atoms with van der Waals surface area (Å²) in [7, 11) is 1.57. The average Bonchev–Trinajstić information content (AvgIpc) is 2.98. The summed E-state index contributed by atoms with van der Waals surface area (Å²) in [4.78, 5) is 49.1. The monoisotopic (exact) mass is 562 g/mol. The average molecular weight is 563 g/mol. The Bertz CT molecular complexity index is 1390. The van der Waals surface area contributed by atoms with Crippen LogP contribution < -0.4 is 26.2 Å². The van der Waals surface area contributed by atoms with E-state index in [0.717, 1.165) is 17.5 Å². The minimum absolute atomic E-state index is 0.108. The minimum atomic E-state index is -0.598. The molecule has 4 rings (SSSR count). The van der Waals surface area contributed by atoms with Gasteiger partial charge in [0.05, 0.1) is 17.4 Å². The Morgan fingerprint density at radius 1 is 1.02 bits per heavy atom. The van der Waals surface area contributed by atoms with Crippen molar-refractivity contribution in [3.63, 3.8) is 0 Å². The molecule has 40 heavy (non-hydrogen) atoms. The number of piperazine rings is 1. The molecule has 1 fully saturated rings. The SMILES string of the molecule is C=CC(=O)NC(C)C(=O)N1CCN(c2ccc(Nc3ncc(Cl)c(Nc4ccccc4C(=O)NC)n3)cc2)CC1. The summed E-state index contributed by atoms with van der Waals surface area (Å²) in [6.45, 7) is 7.56. The van der Waals surface area contributed by atoms with Gasteiger partial charge in [-0.2, -0.15) is 4.98 Å². The van der Waals surface area contributed by atoms with Gasteiger partial charge in [-0.25, -0.2) is 4.98 Å². The van der Waals surface area contributed by atoms with E-state index in [-0.39, 0.29) is 17.7 Å². The molecular weight excluding hydrogens is 532 g/mol. The first-order valence-electron chi connectivity index (χ1n) is 12.7. The molecule has 2 heterocycles. The van der Waals surface area contributed by atoms with Gasteiger partial charge in [0.2, 0.25) is 17.8 Å². The molecule has 1 aliphatic rings. The molecule has 0 radical (unpaired) electrons. The second-order valence-electron chi connectivity index (χ2n) is 9.06. The minimum Gasteiger partial charge on any atom is -0.368 e. The topological polar surface area (TPSA) is 132 Å². The second-order valence-corrected chi connectivity index (χ2v) is 9.47. The largest absolute Gasteiger partial charge is 0.368 e. The number of halogens is 1. The van der Waals surface area contributed by atoms with Crippen molar-refractivity contribution in [2.45, 2.75) is 13.0 Å². The molecule has 4 N–H and O–H groups in total. The van der Waals surface area contributed by atoms with E-state index in [4.69, 9.17) is 11.6 Å². The zero-order valence-corrected chi connectivity index (χ0v) is 23.0. The molecule has 11 nitrogen and oxygen atoms in total. The van der Waals surface area contributed by atoms with Gasteiger partial charge in [0.15, 0.2) is 5.82 Å². The third-order valence-electron chi connectivity index (χ3n) is 6.39. The molecular formula is C28H31ClN8O3. The molecule has 1 unspecified atom stereocenters. The van der Waals surface area contributed by atoms with Gasteiger partial charge in [0.25, 0.3) is 5.91 Å². The van der Waals surface area contributed by atoms with Crippen LogP contribution in [0.1, 0.15) is 17.3 Å². The van der Waals surface area contributed by atoms with Gasteiger partial charge < -0.3 is 31.1 Å². The first kappa shape index (κ1) is 28.4. The number of anilines is 5. The van der Waals surface area contributed by atoms with E-state index in [0.29, 0.717) is 54.2 Å². The van der Waals surface area contributed by atoms with Crippen molar-refractivity contribution < 1.29 is 14.4 Å². The van der Waals surface area contributed by atoms with Crippen LogP contribution in [-0.2, 0) is 9.59 Å². The number of benzene rings is 2. The Morgan fingerprint density at radius 2 is 1.73 bits per heavy atom. The first-order chi connectivity index (χ1) is 19.3. The van der Waals surface area contributed by atoms with E-state index in [9.17, 15) is 14.4 Å². The number of carbonyl (C=O) groups is 3. The molecule has 3 aromatic rings. The number of hydrogen-bond donors (Lipinski definition) is 4. The Morgan fingerprint density at radius 3 is 2.40 bits per heavy atom. The Hall–Kier alpha value is -4.64. The Kier molecular flexibility index (Phi) is 9.18. The summed E-state index contributed by atoms with van der Waals surface area (Å²) >= 11 is 6.33.